The summed E-state index contributed by atoms with van der Waals surface area (Å²) >= 11 is 0. The van der Waals surface area contributed by atoms with Gasteiger partial charge in [0.25, 0.3) is 5.91 Å². The lowest BCUT2D eigenvalue weighted by molar-refractivity contribution is -0.230. The smallest absolute Gasteiger partial charge is 0.410 e. The van der Waals surface area contributed by atoms with Gasteiger partial charge in [-0.15, -0.1) is 0 Å². The molecule has 1 heterocycles. The molecule has 22 heavy (non-hydrogen) atoms. The first-order chi connectivity index (χ1) is 9.95. The van der Waals surface area contributed by atoms with Crippen molar-refractivity contribution in [2.24, 2.45) is 5.92 Å². The van der Waals surface area contributed by atoms with Gasteiger partial charge in [0.05, 0.1) is 13.1 Å². The van der Waals surface area contributed by atoms with Gasteiger partial charge in [-0.1, -0.05) is 0 Å². The van der Waals surface area contributed by atoms with Gasteiger partial charge in [-0.25, -0.2) is 4.79 Å². The zero-order valence-corrected chi connectivity index (χ0v) is 13.0. The molecule has 0 bridgehead atoms. The normalized spacial score (nSPS) is 21.1. The highest BCUT2D eigenvalue weighted by Gasteiger charge is 2.65. The average Bonchev–Trinajstić information content (AvgIpc) is 3.13. The Labute approximate surface area is 127 Å². The maximum Gasteiger partial charge on any atom is 0.410 e. The lowest BCUT2D eigenvalue weighted by atomic mass is 9.86. The molecular weight excluding hydrogens is 298 g/mol. The average molecular weight is 320 g/mol. The van der Waals surface area contributed by atoms with Crippen LogP contribution in [0.2, 0.25) is 0 Å². The van der Waals surface area contributed by atoms with E-state index in [1.54, 1.807) is 20.8 Å². The number of hydrogen-bond donors (Lipinski definition) is 2. The molecule has 2 aliphatic rings. The fourth-order valence-corrected chi connectivity index (χ4v) is 2.12. The van der Waals surface area contributed by atoms with Gasteiger partial charge in [0.2, 0.25) is 0 Å². The highest BCUT2D eigenvalue weighted by molar-refractivity contribution is 5.85. The summed E-state index contributed by atoms with van der Waals surface area (Å²) < 4.78 is 33.1. The molecule has 6 nitrogen and oxygen atoms in total. The Morgan fingerprint density at radius 1 is 1.32 bits per heavy atom. The molecule has 2 fully saturated rings. The number of halogens is 2. The van der Waals surface area contributed by atoms with Crippen LogP contribution in [0.3, 0.4) is 0 Å². The second kappa shape index (κ2) is 5.33. The monoisotopic (exact) mass is 320 g/mol. The van der Waals surface area contributed by atoms with E-state index >= 15 is 0 Å². The molecule has 1 saturated carbocycles. The van der Waals surface area contributed by atoms with E-state index in [1.807, 2.05) is 0 Å². The molecule has 0 aromatic heterocycles. The highest BCUT2D eigenvalue weighted by Crippen LogP contribution is 2.38. The summed E-state index contributed by atoms with van der Waals surface area (Å²) in [4.78, 5) is 24.2. The molecule has 0 aromatic rings. The zero-order valence-electron chi connectivity index (χ0n) is 13.0. The van der Waals surface area contributed by atoms with E-state index in [-0.39, 0.29) is 12.5 Å². The highest BCUT2D eigenvalue weighted by atomic mass is 19.3. The van der Waals surface area contributed by atoms with Crippen LogP contribution < -0.4 is 5.32 Å². The number of likely N-dealkylation sites (tertiary alicyclic amines) is 1. The summed E-state index contributed by atoms with van der Waals surface area (Å²) in [6.45, 7) is 3.88. The van der Waals surface area contributed by atoms with Crippen molar-refractivity contribution >= 4 is 12.0 Å². The number of hydrogen-bond acceptors (Lipinski definition) is 4. The maximum absolute atomic E-state index is 14.1. The molecule has 2 amide bonds. The van der Waals surface area contributed by atoms with Crippen LogP contribution in [0.1, 0.15) is 33.6 Å². The van der Waals surface area contributed by atoms with E-state index in [0.717, 1.165) is 17.7 Å². The number of rotatable bonds is 4. The van der Waals surface area contributed by atoms with Crippen molar-refractivity contribution in [3.8, 4) is 0 Å². The van der Waals surface area contributed by atoms with Gasteiger partial charge < -0.3 is 20.1 Å². The van der Waals surface area contributed by atoms with Crippen LogP contribution in [0.4, 0.5) is 13.6 Å². The molecule has 2 N–H and O–H groups in total. The summed E-state index contributed by atoms with van der Waals surface area (Å²) in [5.74, 6) is -5.18. The van der Waals surface area contributed by atoms with E-state index < -0.39 is 42.2 Å². The summed E-state index contributed by atoms with van der Waals surface area (Å²) in [7, 11) is 0. The number of amides is 2. The first-order valence-electron chi connectivity index (χ1n) is 7.31. The van der Waals surface area contributed by atoms with E-state index in [9.17, 15) is 23.5 Å². The summed E-state index contributed by atoms with van der Waals surface area (Å²) in [5.41, 5.74) is -3.30. The molecule has 1 aliphatic heterocycles. The number of carbonyl (C=O) groups is 2. The standard InChI is InChI=1S/C14H22F2N2O4/c1-12(2,3)22-11(20)18-7-13(21,8-18)14(15,16)10(19)17-6-9-4-5-9/h9,21H,4-8H2,1-3H3,(H,17,19). The fraction of sp³-hybridized carbons (Fsp3) is 0.857. The predicted molar refractivity (Wildman–Crippen MR) is 73.4 cm³/mol. The van der Waals surface area contributed by atoms with Crippen LogP contribution in [0.5, 0.6) is 0 Å². The minimum atomic E-state index is -3.94. The van der Waals surface area contributed by atoms with Gasteiger partial charge in [0.15, 0.2) is 5.60 Å². The quantitative estimate of drug-likeness (QED) is 0.814. The van der Waals surface area contributed by atoms with Crippen molar-refractivity contribution in [1.82, 2.24) is 10.2 Å². The second-order valence-corrected chi connectivity index (χ2v) is 7.10. The Hall–Kier alpha value is -1.44. The van der Waals surface area contributed by atoms with Crippen LogP contribution in [-0.2, 0) is 9.53 Å². The number of β-amino-alcohol motifs (C(OH)–C–C–N with tert-alkyl or cyclic N) is 1. The Kier molecular flexibility index (Phi) is 4.10. The molecule has 1 saturated heterocycles. The van der Waals surface area contributed by atoms with Crippen LogP contribution in [0.25, 0.3) is 0 Å². The van der Waals surface area contributed by atoms with E-state index in [2.05, 4.69) is 5.32 Å². The lowest BCUT2D eigenvalue weighted by Crippen LogP contribution is -2.74. The van der Waals surface area contributed by atoms with Crippen LogP contribution in [0, 0.1) is 5.92 Å². The van der Waals surface area contributed by atoms with Crippen LogP contribution in [0.15, 0.2) is 0 Å². The topological polar surface area (TPSA) is 78.9 Å². The van der Waals surface area contributed by atoms with Crippen LogP contribution >= 0.6 is 0 Å². The Balaban J connectivity index is 1.89. The molecule has 126 valence electrons. The lowest BCUT2D eigenvalue weighted by Gasteiger charge is -2.48. The molecule has 2 rings (SSSR count). The minimum absolute atomic E-state index is 0.195. The number of nitrogens with one attached hydrogen (secondary N) is 1. The molecule has 0 atom stereocenters. The fourth-order valence-electron chi connectivity index (χ4n) is 2.12. The van der Waals surface area contributed by atoms with Crippen LogP contribution in [-0.4, -0.2) is 58.8 Å². The van der Waals surface area contributed by atoms with Gasteiger partial charge >= 0.3 is 12.0 Å². The third kappa shape index (κ3) is 3.48. The summed E-state index contributed by atoms with van der Waals surface area (Å²) in [6.07, 6.45) is 1.05. The third-order valence-electron chi connectivity index (χ3n) is 3.67. The van der Waals surface area contributed by atoms with E-state index in [4.69, 9.17) is 4.74 Å². The first-order valence-corrected chi connectivity index (χ1v) is 7.31. The van der Waals surface area contributed by atoms with Crippen molar-refractivity contribution in [3.63, 3.8) is 0 Å². The molecule has 8 heteroatoms. The number of alkyl halides is 2. The van der Waals surface area contributed by atoms with Crippen molar-refractivity contribution < 1.29 is 28.2 Å². The zero-order chi connectivity index (χ0) is 16.8. The summed E-state index contributed by atoms with van der Waals surface area (Å²) in [5, 5.41) is 12.1. The SMILES string of the molecule is CC(C)(C)OC(=O)N1CC(O)(C(F)(F)C(=O)NCC2CC2)C1. The maximum atomic E-state index is 14.1. The third-order valence-corrected chi connectivity index (χ3v) is 3.67. The molecular formula is C14H22F2N2O4. The largest absolute Gasteiger partial charge is 0.444 e. The molecule has 1 aliphatic carbocycles. The Morgan fingerprint density at radius 2 is 1.86 bits per heavy atom. The Morgan fingerprint density at radius 3 is 2.32 bits per heavy atom. The van der Waals surface area contributed by atoms with Gasteiger partial charge in [0.1, 0.15) is 5.60 Å². The molecule has 0 radical (unpaired) electrons. The number of ether oxygens (including phenoxy) is 1. The second-order valence-electron chi connectivity index (χ2n) is 7.10. The molecule has 0 spiro atoms. The van der Waals surface area contributed by atoms with Gasteiger partial charge in [-0.3, -0.25) is 4.79 Å². The van der Waals surface area contributed by atoms with Crippen molar-refractivity contribution in [1.29, 1.82) is 0 Å². The number of aliphatic hydroxyl groups is 1. The van der Waals surface area contributed by atoms with Crippen molar-refractivity contribution in [2.45, 2.75) is 50.7 Å². The number of nitrogens with zero attached hydrogens (tertiary/aromatic N) is 1. The summed E-state index contributed by atoms with van der Waals surface area (Å²) in [6, 6.07) is 0. The van der Waals surface area contributed by atoms with E-state index in [1.165, 1.54) is 0 Å². The van der Waals surface area contributed by atoms with Gasteiger partial charge in [-0.05, 0) is 39.5 Å². The molecule has 0 unspecified atom stereocenters. The van der Waals surface area contributed by atoms with Crippen molar-refractivity contribution in [2.75, 3.05) is 19.6 Å². The molecule has 0 aromatic carbocycles. The van der Waals surface area contributed by atoms with Gasteiger partial charge in [-0.2, -0.15) is 8.78 Å². The predicted octanol–water partition coefficient (Wildman–Crippen LogP) is 1.13. The van der Waals surface area contributed by atoms with Gasteiger partial charge in [0, 0.05) is 6.54 Å². The number of carbonyl (C=O) groups excluding carboxylic acids is 2. The first kappa shape index (κ1) is 16.9. The van der Waals surface area contributed by atoms with E-state index in [0.29, 0.717) is 0 Å². The minimum Gasteiger partial charge on any atom is -0.444 e. The van der Waals surface area contributed by atoms with Crippen molar-refractivity contribution in [3.05, 3.63) is 0 Å². The Bertz CT molecular complexity index is 466.